The summed E-state index contributed by atoms with van der Waals surface area (Å²) >= 11 is 0. The Morgan fingerprint density at radius 2 is 1.90 bits per heavy atom. The molecule has 1 saturated heterocycles. The molecule has 220 valence electrons. The SMILES string of the molecule is Cc1nn(C(=O)OC(C)(C)C)c2cc(Nc3nc(N4CCC(CNCCC(F)(F)F)CC4)c4occc4n3)ccc12. The number of nitrogens with zero attached hydrogens (tertiary/aromatic N) is 5. The molecule has 4 aromatic rings. The van der Waals surface area contributed by atoms with Crippen molar-refractivity contribution < 1.29 is 27.1 Å². The maximum atomic E-state index is 12.8. The van der Waals surface area contributed by atoms with E-state index < -0.39 is 24.3 Å². The van der Waals surface area contributed by atoms with Crippen molar-refractivity contribution >= 4 is 45.5 Å². The molecule has 10 nitrogen and oxygen atoms in total. The molecule has 0 unspecified atom stereocenters. The summed E-state index contributed by atoms with van der Waals surface area (Å²) in [6, 6.07) is 7.33. The first kappa shape index (κ1) is 28.7. The summed E-state index contributed by atoms with van der Waals surface area (Å²) in [7, 11) is 0. The van der Waals surface area contributed by atoms with E-state index >= 15 is 0 Å². The molecule has 0 spiro atoms. The van der Waals surface area contributed by atoms with E-state index in [0.29, 0.717) is 59.4 Å². The van der Waals surface area contributed by atoms with Crippen molar-refractivity contribution in [1.82, 2.24) is 25.1 Å². The minimum Gasteiger partial charge on any atom is -0.459 e. The highest BCUT2D eigenvalue weighted by Gasteiger charge is 2.27. The number of carbonyl (C=O) groups is 1. The Kier molecular flexibility index (Phi) is 7.82. The highest BCUT2D eigenvalue weighted by atomic mass is 19.4. The Morgan fingerprint density at radius 3 is 2.61 bits per heavy atom. The number of aryl methyl sites for hydroxylation is 1. The van der Waals surface area contributed by atoms with Crippen LogP contribution in [0.4, 0.5) is 35.4 Å². The second-order valence-corrected chi connectivity index (χ2v) is 11.3. The van der Waals surface area contributed by atoms with E-state index in [2.05, 4.69) is 25.6 Å². The lowest BCUT2D eigenvalue weighted by atomic mass is 9.96. The molecule has 0 amide bonds. The van der Waals surface area contributed by atoms with Crippen LogP contribution in [0.3, 0.4) is 0 Å². The summed E-state index contributed by atoms with van der Waals surface area (Å²) in [6.45, 7) is 9.11. The summed E-state index contributed by atoms with van der Waals surface area (Å²) in [5, 5.41) is 11.4. The lowest BCUT2D eigenvalue weighted by Gasteiger charge is -2.33. The van der Waals surface area contributed by atoms with Gasteiger partial charge in [-0.2, -0.15) is 27.9 Å². The number of hydrogen-bond donors (Lipinski definition) is 2. The number of benzene rings is 1. The van der Waals surface area contributed by atoms with Gasteiger partial charge in [0.1, 0.15) is 11.1 Å². The van der Waals surface area contributed by atoms with Gasteiger partial charge in [-0.15, -0.1) is 0 Å². The van der Waals surface area contributed by atoms with Crippen LogP contribution >= 0.6 is 0 Å². The fraction of sp³-hybridized carbons (Fsp3) is 0.500. The van der Waals surface area contributed by atoms with Crippen molar-refractivity contribution in [1.29, 1.82) is 0 Å². The van der Waals surface area contributed by atoms with Crippen LogP contribution in [0, 0.1) is 12.8 Å². The first-order valence-corrected chi connectivity index (χ1v) is 13.6. The van der Waals surface area contributed by atoms with Gasteiger partial charge in [0.15, 0.2) is 11.4 Å². The van der Waals surface area contributed by atoms with E-state index in [1.807, 2.05) is 19.1 Å². The van der Waals surface area contributed by atoms with Gasteiger partial charge in [0.2, 0.25) is 5.95 Å². The monoisotopic (exact) mass is 573 g/mol. The van der Waals surface area contributed by atoms with Gasteiger partial charge >= 0.3 is 12.3 Å². The van der Waals surface area contributed by atoms with E-state index in [0.717, 1.165) is 18.2 Å². The average molecular weight is 574 g/mol. The number of carbonyl (C=O) groups excluding carboxylic acids is 1. The Labute approximate surface area is 235 Å². The van der Waals surface area contributed by atoms with Crippen molar-refractivity contribution in [2.75, 3.05) is 36.4 Å². The summed E-state index contributed by atoms with van der Waals surface area (Å²) in [4.78, 5) is 24.3. The Balaban J connectivity index is 1.32. The quantitative estimate of drug-likeness (QED) is 0.251. The van der Waals surface area contributed by atoms with Crippen LogP contribution in [0.25, 0.3) is 22.0 Å². The van der Waals surface area contributed by atoms with Gasteiger partial charge in [0.25, 0.3) is 0 Å². The van der Waals surface area contributed by atoms with Crippen molar-refractivity contribution in [3.05, 3.63) is 36.2 Å². The topological polar surface area (TPSA) is 110 Å². The zero-order valence-electron chi connectivity index (χ0n) is 23.5. The third-order valence-corrected chi connectivity index (χ3v) is 6.91. The molecule has 1 aliphatic heterocycles. The number of anilines is 3. The van der Waals surface area contributed by atoms with Crippen LogP contribution in [0.15, 0.2) is 34.9 Å². The van der Waals surface area contributed by atoms with Gasteiger partial charge in [-0.25, -0.2) is 9.78 Å². The van der Waals surface area contributed by atoms with Crippen molar-refractivity contribution in [2.45, 2.75) is 58.7 Å². The summed E-state index contributed by atoms with van der Waals surface area (Å²) in [6.07, 6.45) is -2.33. The zero-order valence-corrected chi connectivity index (χ0v) is 23.5. The molecule has 4 heterocycles. The Hall–Kier alpha value is -3.87. The fourth-order valence-electron chi connectivity index (χ4n) is 4.93. The average Bonchev–Trinajstić information content (AvgIpc) is 3.49. The molecule has 0 radical (unpaired) electrons. The Bertz CT molecular complexity index is 1530. The molecular weight excluding hydrogens is 539 g/mol. The van der Waals surface area contributed by atoms with Crippen LogP contribution in [0.1, 0.15) is 45.7 Å². The first-order chi connectivity index (χ1) is 19.4. The normalized spacial score (nSPS) is 15.1. The lowest BCUT2D eigenvalue weighted by molar-refractivity contribution is -0.133. The summed E-state index contributed by atoms with van der Waals surface area (Å²) in [5.41, 5.74) is 2.52. The predicted molar refractivity (Wildman–Crippen MR) is 150 cm³/mol. The number of rotatable bonds is 7. The molecule has 0 bridgehead atoms. The fourth-order valence-corrected chi connectivity index (χ4v) is 4.93. The number of piperidine rings is 1. The number of ether oxygens (including phenoxy) is 1. The highest BCUT2D eigenvalue weighted by molar-refractivity contribution is 5.92. The summed E-state index contributed by atoms with van der Waals surface area (Å²) < 4.78 is 49.7. The van der Waals surface area contributed by atoms with Crippen LogP contribution in [-0.4, -0.2) is 63.8 Å². The number of nitrogens with one attached hydrogen (secondary N) is 2. The van der Waals surface area contributed by atoms with E-state index in [1.54, 1.807) is 39.2 Å². The molecule has 5 rings (SSSR count). The van der Waals surface area contributed by atoms with Gasteiger partial charge in [0, 0.05) is 36.8 Å². The smallest absolute Gasteiger partial charge is 0.435 e. The molecule has 3 aromatic heterocycles. The van der Waals surface area contributed by atoms with Crippen LogP contribution in [0.2, 0.25) is 0 Å². The lowest BCUT2D eigenvalue weighted by Crippen LogP contribution is -2.38. The maximum Gasteiger partial charge on any atom is 0.435 e. The zero-order chi connectivity index (χ0) is 29.4. The maximum absolute atomic E-state index is 12.8. The van der Waals surface area contributed by atoms with E-state index in [9.17, 15) is 18.0 Å². The molecule has 0 atom stereocenters. The van der Waals surface area contributed by atoms with E-state index in [-0.39, 0.29) is 12.5 Å². The molecule has 1 fully saturated rings. The minimum atomic E-state index is -4.15. The van der Waals surface area contributed by atoms with Crippen molar-refractivity contribution in [3.63, 3.8) is 0 Å². The summed E-state index contributed by atoms with van der Waals surface area (Å²) in [5.74, 6) is 1.31. The van der Waals surface area contributed by atoms with Gasteiger partial charge in [-0.3, -0.25) is 0 Å². The second-order valence-electron chi connectivity index (χ2n) is 11.3. The number of halogens is 3. The molecular formula is C28H34F3N7O3. The van der Waals surface area contributed by atoms with Crippen molar-refractivity contribution in [2.24, 2.45) is 5.92 Å². The van der Waals surface area contributed by atoms with Gasteiger partial charge in [-0.05, 0) is 71.2 Å². The first-order valence-electron chi connectivity index (χ1n) is 13.6. The van der Waals surface area contributed by atoms with Gasteiger partial charge in [-0.1, -0.05) is 0 Å². The van der Waals surface area contributed by atoms with Crippen LogP contribution < -0.4 is 15.5 Å². The van der Waals surface area contributed by atoms with Gasteiger partial charge in [0.05, 0.1) is 23.9 Å². The molecule has 1 aliphatic rings. The standard InChI is InChI=1S/C28H34F3N7O3/c1-17-20-6-5-19(15-22(20)38(36-17)26(39)41-27(2,3)4)33-25-34-21-9-14-40-23(21)24(35-25)37-12-7-18(8-13-37)16-32-11-10-28(29,30)31/h5-6,9,14-15,18,32H,7-8,10-13,16H2,1-4H3,(H,33,34,35). The van der Waals surface area contributed by atoms with Crippen LogP contribution in [0.5, 0.6) is 0 Å². The molecule has 1 aromatic carbocycles. The molecule has 13 heteroatoms. The Morgan fingerprint density at radius 1 is 1.15 bits per heavy atom. The van der Waals surface area contributed by atoms with Crippen molar-refractivity contribution in [3.8, 4) is 0 Å². The predicted octanol–water partition coefficient (Wildman–Crippen LogP) is 6.17. The third kappa shape index (κ3) is 6.89. The molecule has 0 saturated carbocycles. The van der Waals surface area contributed by atoms with Crippen LogP contribution in [-0.2, 0) is 4.74 Å². The number of hydrogen-bond acceptors (Lipinski definition) is 9. The minimum absolute atomic E-state index is 0.0679. The third-order valence-electron chi connectivity index (χ3n) is 6.91. The van der Waals surface area contributed by atoms with E-state index in [4.69, 9.17) is 14.1 Å². The molecule has 2 N–H and O–H groups in total. The number of alkyl halides is 3. The molecule has 0 aliphatic carbocycles. The number of furan rings is 1. The molecule has 41 heavy (non-hydrogen) atoms. The highest BCUT2D eigenvalue weighted by Crippen LogP contribution is 2.31. The number of aromatic nitrogens is 4. The number of fused-ring (bicyclic) bond motifs is 2. The second kappa shape index (κ2) is 11.2. The largest absolute Gasteiger partial charge is 0.459 e. The van der Waals surface area contributed by atoms with E-state index in [1.165, 1.54) is 4.68 Å². The van der Waals surface area contributed by atoms with Gasteiger partial charge < -0.3 is 24.7 Å².